The van der Waals surface area contributed by atoms with Crippen LogP contribution in [0.15, 0.2) is 35.0 Å². The van der Waals surface area contributed by atoms with Crippen LogP contribution in [0.5, 0.6) is 0 Å². The quantitative estimate of drug-likeness (QED) is 0.704. The van der Waals surface area contributed by atoms with E-state index in [2.05, 4.69) is 4.98 Å². The third-order valence-electron chi connectivity index (χ3n) is 3.78. The minimum atomic E-state index is -2.71. The van der Waals surface area contributed by atoms with Gasteiger partial charge in [0.2, 0.25) is 0 Å². The molecule has 0 aliphatic carbocycles. The molecule has 24 heavy (non-hydrogen) atoms. The van der Waals surface area contributed by atoms with Gasteiger partial charge in [0.15, 0.2) is 5.76 Å². The second-order valence-electron chi connectivity index (χ2n) is 5.39. The fraction of sp³-hybridized carbons (Fsp3) is 0.250. The summed E-state index contributed by atoms with van der Waals surface area (Å²) in [5, 5.41) is 1.28. The van der Waals surface area contributed by atoms with Crippen molar-refractivity contribution in [2.24, 2.45) is 0 Å². The van der Waals surface area contributed by atoms with Gasteiger partial charge in [-0.1, -0.05) is 11.6 Å². The van der Waals surface area contributed by atoms with Gasteiger partial charge in [-0.25, -0.2) is 4.98 Å². The lowest BCUT2D eigenvalue weighted by molar-refractivity contribution is 0.0604. The van der Waals surface area contributed by atoms with Crippen LogP contribution in [-0.4, -0.2) is 27.4 Å². The monoisotopic (exact) mass is 353 g/mol. The zero-order valence-electron chi connectivity index (χ0n) is 13.0. The Kier molecular flexibility index (Phi) is 4.28. The predicted octanol–water partition coefficient (Wildman–Crippen LogP) is 4.26. The van der Waals surface area contributed by atoms with Crippen molar-refractivity contribution in [3.8, 4) is 0 Å². The van der Waals surface area contributed by atoms with Gasteiger partial charge < -0.3 is 9.32 Å². The van der Waals surface area contributed by atoms with Crippen LogP contribution in [-0.2, 0) is 6.54 Å². The number of hydrogen-bond donors (Lipinski definition) is 0. The topological polar surface area (TPSA) is 51.3 Å². The minimum Gasteiger partial charge on any atom is -0.451 e. The first-order valence-electron chi connectivity index (χ1n) is 7.12. The smallest absolute Gasteiger partial charge is 0.319 e. The van der Waals surface area contributed by atoms with Crippen LogP contribution in [0.25, 0.3) is 11.0 Å². The van der Waals surface area contributed by atoms with Crippen molar-refractivity contribution < 1.29 is 18.0 Å². The van der Waals surface area contributed by atoms with Crippen LogP contribution in [0.2, 0.25) is 5.02 Å². The molecular weight excluding hydrogens is 340 g/mol. The minimum absolute atomic E-state index is 0.0621. The van der Waals surface area contributed by atoms with Crippen molar-refractivity contribution in [1.82, 2.24) is 14.5 Å². The molecule has 0 aliphatic rings. The van der Waals surface area contributed by atoms with Gasteiger partial charge in [0.1, 0.15) is 11.4 Å². The normalized spacial score (nSPS) is 11.4. The van der Waals surface area contributed by atoms with E-state index in [4.69, 9.17) is 16.0 Å². The molecular formula is C16H14ClF2N3O2. The van der Waals surface area contributed by atoms with E-state index in [0.717, 1.165) is 9.95 Å². The molecule has 0 aliphatic heterocycles. The number of imidazole rings is 1. The lowest BCUT2D eigenvalue weighted by Gasteiger charge is -2.16. The van der Waals surface area contributed by atoms with Gasteiger partial charge in [0.25, 0.3) is 5.91 Å². The average molecular weight is 354 g/mol. The molecule has 3 rings (SSSR count). The van der Waals surface area contributed by atoms with Crippen molar-refractivity contribution in [3.05, 3.63) is 52.8 Å². The number of hydrogen-bond acceptors (Lipinski definition) is 3. The number of furan rings is 1. The lowest BCUT2D eigenvalue weighted by Crippen LogP contribution is -2.28. The molecule has 0 saturated heterocycles. The molecule has 126 valence electrons. The number of carbonyl (C=O) groups is 1. The zero-order chi connectivity index (χ0) is 17.4. The Morgan fingerprint density at radius 2 is 2.21 bits per heavy atom. The third kappa shape index (κ3) is 2.87. The highest BCUT2D eigenvalue weighted by Crippen LogP contribution is 2.28. The van der Waals surface area contributed by atoms with Crippen LogP contribution in [0, 0.1) is 6.92 Å². The second kappa shape index (κ2) is 6.24. The van der Waals surface area contributed by atoms with Gasteiger partial charge in [0, 0.05) is 35.4 Å². The number of benzene rings is 1. The average Bonchev–Trinajstić information content (AvgIpc) is 3.12. The highest BCUT2D eigenvalue weighted by molar-refractivity contribution is 6.31. The van der Waals surface area contributed by atoms with Crippen molar-refractivity contribution >= 4 is 28.5 Å². The van der Waals surface area contributed by atoms with E-state index in [1.165, 1.54) is 24.3 Å². The molecule has 1 aromatic carbocycles. The summed E-state index contributed by atoms with van der Waals surface area (Å²) in [6, 6.07) is 5.07. The zero-order valence-corrected chi connectivity index (χ0v) is 13.7. The molecule has 0 unspecified atom stereocenters. The maximum absolute atomic E-state index is 12.9. The molecule has 0 atom stereocenters. The van der Waals surface area contributed by atoms with Crippen molar-refractivity contribution in [3.63, 3.8) is 0 Å². The highest BCUT2D eigenvalue weighted by atomic mass is 35.5. The van der Waals surface area contributed by atoms with Crippen LogP contribution in [0.3, 0.4) is 0 Å². The molecule has 0 saturated carbocycles. The van der Waals surface area contributed by atoms with E-state index < -0.39 is 12.5 Å². The predicted molar refractivity (Wildman–Crippen MR) is 85.2 cm³/mol. The molecule has 0 N–H and O–H groups in total. The summed E-state index contributed by atoms with van der Waals surface area (Å²) >= 11 is 5.96. The number of amides is 1. The number of rotatable bonds is 4. The fourth-order valence-electron chi connectivity index (χ4n) is 2.50. The molecule has 3 aromatic rings. The Morgan fingerprint density at radius 3 is 2.92 bits per heavy atom. The maximum Gasteiger partial charge on any atom is 0.319 e. The first-order chi connectivity index (χ1) is 11.4. The molecule has 1 amide bonds. The largest absolute Gasteiger partial charge is 0.451 e. The number of carbonyl (C=O) groups excluding carboxylic acids is 1. The van der Waals surface area contributed by atoms with Gasteiger partial charge in [-0.3, -0.25) is 9.36 Å². The van der Waals surface area contributed by atoms with Gasteiger partial charge in [0.05, 0.1) is 6.54 Å². The fourth-order valence-corrected chi connectivity index (χ4v) is 2.67. The first kappa shape index (κ1) is 16.4. The van der Waals surface area contributed by atoms with Gasteiger partial charge in [-0.2, -0.15) is 8.78 Å². The van der Waals surface area contributed by atoms with E-state index in [1.54, 1.807) is 25.1 Å². The molecule has 0 spiro atoms. The van der Waals surface area contributed by atoms with Gasteiger partial charge in [-0.15, -0.1) is 0 Å². The molecule has 2 aromatic heterocycles. The molecule has 8 heteroatoms. The molecule has 0 fully saturated rings. The van der Waals surface area contributed by atoms with E-state index in [9.17, 15) is 13.6 Å². The van der Waals surface area contributed by atoms with Crippen molar-refractivity contribution in [1.29, 1.82) is 0 Å². The van der Waals surface area contributed by atoms with Crippen LogP contribution in [0.1, 0.15) is 28.5 Å². The number of alkyl halides is 2. The number of fused-ring (bicyclic) bond motifs is 1. The Hall–Kier alpha value is -2.41. The summed E-state index contributed by atoms with van der Waals surface area (Å²) in [5.74, 6) is -0.161. The Labute approximate surface area is 141 Å². The number of aromatic nitrogens is 2. The van der Waals surface area contributed by atoms with E-state index in [1.807, 2.05) is 0 Å². The van der Waals surface area contributed by atoms with Gasteiger partial charge >= 0.3 is 6.55 Å². The van der Waals surface area contributed by atoms with Crippen LogP contribution < -0.4 is 0 Å². The van der Waals surface area contributed by atoms with E-state index >= 15 is 0 Å². The van der Waals surface area contributed by atoms with Crippen molar-refractivity contribution in [2.45, 2.75) is 20.0 Å². The standard InChI is InChI=1S/C16H14ClF2N3O2/c1-9-11-7-10(17)3-4-12(11)24-14(9)15(23)21(2)8-13-20-5-6-22(13)16(18)19/h3-7,16H,8H2,1-2H3. The second-order valence-corrected chi connectivity index (χ2v) is 5.82. The summed E-state index contributed by atoms with van der Waals surface area (Å²) in [5.41, 5.74) is 1.20. The highest BCUT2D eigenvalue weighted by Gasteiger charge is 2.23. The van der Waals surface area contributed by atoms with Gasteiger partial charge in [-0.05, 0) is 25.1 Å². The Balaban J connectivity index is 1.88. The number of nitrogens with zero attached hydrogens (tertiary/aromatic N) is 3. The summed E-state index contributed by atoms with van der Waals surface area (Å²) in [6.07, 6.45) is 2.45. The maximum atomic E-state index is 12.9. The summed E-state index contributed by atoms with van der Waals surface area (Å²) in [7, 11) is 1.51. The molecule has 5 nitrogen and oxygen atoms in total. The third-order valence-corrected chi connectivity index (χ3v) is 4.01. The summed E-state index contributed by atoms with van der Waals surface area (Å²) in [6.45, 7) is -1.02. The number of aryl methyl sites for hydroxylation is 1. The van der Waals surface area contributed by atoms with Crippen LogP contribution >= 0.6 is 11.6 Å². The van der Waals surface area contributed by atoms with E-state index in [-0.39, 0.29) is 18.1 Å². The molecule has 2 heterocycles. The SMILES string of the molecule is Cc1c(C(=O)N(C)Cc2nccn2C(F)F)oc2ccc(Cl)cc12. The number of halogens is 3. The van der Waals surface area contributed by atoms with Crippen molar-refractivity contribution in [2.75, 3.05) is 7.05 Å². The molecule has 0 bridgehead atoms. The first-order valence-corrected chi connectivity index (χ1v) is 7.50. The Morgan fingerprint density at radius 1 is 1.46 bits per heavy atom. The molecule has 0 radical (unpaired) electrons. The summed E-state index contributed by atoms with van der Waals surface area (Å²) in [4.78, 5) is 17.8. The lowest BCUT2D eigenvalue weighted by atomic mass is 10.1. The summed E-state index contributed by atoms with van der Waals surface area (Å²) < 4.78 is 32.1. The van der Waals surface area contributed by atoms with Crippen LogP contribution in [0.4, 0.5) is 8.78 Å². The van der Waals surface area contributed by atoms with E-state index in [0.29, 0.717) is 16.2 Å². The Bertz CT molecular complexity index is 904.